The van der Waals surface area contributed by atoms with E-state index >= 15 is 0 Å². The highest BCUT2D eigenvalue weighted by Crippen LogP contribution is 2.46. The molecule has 0 bridgehead atoms. The minimum absolute atomic E-state index is 0.0511. The van der Waals surface area contributed by atoms with Crippen molar-refractivity contribution in [1.82, 2.24) is 24.6 Å². The number of piperidine rings is 1. The van der Waals surface area contributed by atoms with E-state index in [2.05, 4.69) is 64.4 Å². The van der Waals surface area contributed by atoms with Gasteiger partial charge in [0.15, 0.2) is 5.82 Å². The van der Waals surface area contributed by atoms with Crippen molar-refractivity contribution in [3.63, 3.8) is 0 Å². The fourth-order valence-corrected chi connectivity index (χ4v) is 7.10. The third-order valence-electron chi connectivity index (χ3n) is 8.04. The predicted molar refractivity (Wildman–Crippen MR) is 163 cm³/mol. The molecule has 0 saturated carbocycles. The molecule has 1 atom stereocenters. The molecule has 222 valence electrons. The third kappa shape index (κ3) is 5.89. The Morgan fingerprint density at radius 1 is 1.12 bits per heavy atom. The maximum Gasteiger partial charge on any atom is 0.229 e. The minimum atomic E-state index is -3.63. The molecule has 0 unspecified atom stereocenters. The van der Waals surface area contributed by atoms with Gasteiger partial charge in [0, 0.05) is 31.3 Å². The molecule has 0 spiro atoms. The van der Waals surface area contributed by atoms with Gasteiger partial charge in [-0.15, -0.1) is 0 Å². The molecule has 3 aromatic rings. The van der Waals surface area contributed by atoms with E-state index in [1.807, 2.05) is 0 Å². The second-order valence-electron chi connectivity index (χ2n) is 11.8. The van der Waals surface area contributed by atoms with Gasteiger partial charge in [-0.25, -0.2) is 13.4 Å². The summed E-state index contributed by atoms with van der Waals surface area (Å²) in [6, 6.07) is 2.70. The van der Waals surface area contributed by atoms with Gasteiger partial charge in [-0.3, -0.25) is 4.68 Å². The van der Waals surface area contributed by atoms with Gasteiger partial charge in [-0.05, 0) is 90.6 Å². The Morgan fingerprint density at radius 2 is 1.83 bits per heavy atom. The lowest BCUT2D eigenvalue weighted by molar-refractivity contribution is 0.171. The number of nitrogens with one attached hydrogen (secondary N) is 2. The van der Waals surface area contributed by atoms with Crippen molar-refractivity contribution in [2.24, 2.45) is 7.05 Å². The summed E-state index contributed by atoms with van der Waals surface area (Å²) < 4.78 is 33.6. The first-order valence-corrected chi connectivity index (χ1v) is 16.2. The fourth-order valence-electron chi connectivity index (χ4n) is 5.87. The van der Waals surface area contributed by atoms with E-state index in [9.17, 15) is 8.42 Å². The molecule has 2 N–H and O–H groups in total. The summed E-state index contributed by atoms with van der Waals surface area (Å²) in [6.45, 7) is 14.3. The van der Waals surface area contributed by atoms with Gasteiger partial charge in [-0.1, -0.05) is 11.6 Å². The summed E-state index contributed by atoms with van der Waals surface area (Å²) in [5, 5.41) is 10.2. The number of hydrogen-bond donors (Lipinski definition) is 2. The van der Waals surface area contributed by atoms with Gasteiger partial charge in [0.25, 0.3) is 0 Å². The summed E-state index contributed by atoms with van der Waals surface area (Å²) in [7, 11) is -1.96. The average Bonchev–Trinajstić information content (AvgIpc) is 3.48. The van der Waals surface area contributed by atoms with E-state index in [4.69, 9.17) is 16.3 Å². The zero-order valence-corrected chi connectivity index (χ0v) is 26.4. The van der Waals surface area contributed by atoms with Crippen LogP contribution >= 0.6 is 11.6 Å². The van der Waals surface area contributed by atoms with E-state index < -0.39 is 15.1 Å². The molecule has 5 rings (SSSR count). The third-order valence-corrected chi connectivity index (χ3v) is 10.4. The van der Waals surface area contributed by atoms with Crippen molar-refractivity contribution >= 4 is 44.6 Å². The van der Waals surface area contributed by atoms with Crippen molar-refractivity contribution < 1.29 is 13.2 Å². The molecule has 4 heterocycles. The van der Waals surface area contributed by atoms with Crippen LogP contribution in [0.4, 0.5) is 23.1 Å². The number of aryl methyl sites for hydroxylation is 2. The number of nitrogens with zero attached hydrogens (tertiary/aromatic N) is 5. The Labute approximate surface area is 247 Å². The fraction of sp³-hybridized carbons (Fsp3) is 0.552. The Bertz CT molecular complexity index is 1550. The summed E-state index contributed by atoms with van der Waals surface area (Å²) in [5.41, 5.74) is 5.04. The van der Waals surface area contributed by atoms with Crippen LogP contribution in [0.25, 0.3) is 0 Å². The van der Waals surface area contributed by atoms with Gasteiger partial charge in [-0.2, -0.15) is 10.1 Å². The molecule has 0 amide bonds. The molecule has 2 aliphatic rings. The molecular formula is C29H40ClN7O3S. The Balaban J connectivity index is 1.44. The highest BCUT2D eigenvalue weighted by molar-refractivity contribution is 7.92. The van der Waals surface area contributed by atoms with Crippen LogP contribution in [-0.4, -0.2) is 63.6 Å². The molecule has 2 aliphatic heterocycles. The zero-order chi connectivity index (χ0) is 29.6. The van der Waals surface area contributed by atoms with Crippen LogP contribution in [0, 0.1) is 6.92 Å². The molecular weight excluding hydrogens is 562 g/mol. The van der Waals surface area contributed by atoms with Crippen molar-refractivity contribution in [3.8, 4) is 5.75 Å². The summed E-state index contributed by atoms with van der Waals surface area (Å²) in [5.74, 6) is 1.96. The summed E-state index contributed by atoms with van der Waals surface area (Å²) in [6.07, 6.45) is 6.32. The van der Waals surface area contributed by atoms with Crippen LogP contribution in [0.2, 0.25) is 5.02 Å². The Kier molecular flexibility index (Phi) is 8.24. The first kappa shape index (κ1) is 29.6. The van der Waals surface area contributed by atoms with E-state index in [1.165, 1.54) is 27.6 Å². The standard InChI is InChI=1S/C29H40ClN7O3S/c1-16(2)37-10-8-20(9-11-37)25-18(5)12-23(26-21(25)13-19(6)40-26)33-29-31-14-22(30)27(34-29)32-24-15-36(7)35-28(24)41(38,39)17(3)4/h12,14-17,19-20H,8-11,13H2,1-7H3,(H2,31,32,33,34)/t19-/m1/s1. The SMILES string of the molecule is Cc1cc(Nc2ncc(Cl)c(Nc3cn(C)nc3S(=O)(=O)C(C)C)n2)c2c(c1C1CCN(C(C)C)CC1)C[C@@H](C)O2. The molecule has 1 fully saturated rings. The number of halogens is 1. The van der Waals surface area contributed by atoms with Crippen LogP contribution in [-0.2, 0) is 23.3 Å². The lowest BCUT2D eigenvalue weighted by atomic mass is 9.82. The van der Waals surface area contributed by atoms with Gasteiger partial charge in [0.05, 0.1) is 22.8 Å². The van der Waals surface area contributed by atoms with Crippen molar-refractivity contribution in [1.29, 1.82) is 0 Å². The van der Waals surface area contributed by atoms with E-state index in [0.29, 0.717) is 23.6 Å². The van der Waals surface area contributed by atoms with Crippen molar-refractivity contribution in [2.45, 2.75) is 89.1 Å². The maximum atomic E-state index is 12.9. The number of sulfone groups is 1. The van der Waals surface area contributed by atoms with E-state index in [-0.39, 0.29) is 22.0 Å². The monoisotopic (exact) mass is 601 g/mol. The lowest BCUT2D eigenvalue weighted by Gasteiger charge is -2.36. The number of fused-ring (bicyclic) bond motifs is 1. The molecule has 0 radical (unpaired) electrons. The van der Waals surface area contributed by atoms with Crippen LogP contribution < -0.4 is 15.4 Å². The molecule has 12 heteroatoms. The molecule has 1 aromatic carbocycles. The number of ether oxygens (including phenoxy) is 1. The average molecular weight is 602 g/mol. The van der Waals surface area contributed by atoms with Gasteiger partial charge in [0.2, 0.25) is 20.8 Å². The van der Waals surface area contributed by atoms with Crippen molar-refractivity contribution in [2.75, 3.05) is 23.7 Å². The molecule has 0 aliphatic carbocycles. The Hall–Kier alpha value is -2.89. The second-order valence-corrected chi connectivity index (χ2v) is 14.6. The number of hydrogen-bond acceptors (Lipinski definition) is 9. The van der Waals surface area contributed by atoms with Crippen LogP contribution in [0.15, 0.2) is 23.5 Å². The molecule has 2 aromatic heterocycles. The van der Waals surface area contributed by atoms with E-state index in [0.717, 1.165) is 43.8 Å². The maximum absolute atomic E-state index is 12.9. The summed E-state index contributed by atoms with van der Waals surface area (Å²) >= 11 is 6.44. The van der Waals surface area contributed by atoms with Gasteiger partial charge in [0.1, 0.15) is 16.9 Å². The molecule has 41 heavy (non-hydrogen) atoms. The smallest absolute Gasteiger partial charge is 0.229 e. The van der Waals surface area contributed by atoms with Crippen LogP contribution in [0.3, 0.4) is 0 Å². The zero-order valence-electron chi connectivity index (χ0n) is 24.8. The van der Waals surface area contributed by atoms with Gasteiger partial charge >= 0.3 is 0 Å². The van der Waals surface area contributed by atoms with E-state index in [1.54, 1.807) is 27.1 Å². The lowest BCUT2D eigenvalue weighted by Crippen LogP contribution is -2.38. The number of aromatic nitrogens is 4. The highest BCUT2D eigenvalue weighted by Gasteiger charge is 2.32. The first-order chi connectivity index (χ1) is 19.3. The number of likely N-dealkylation sites (tertiary alicyclic amines) is 1. The first-order valence-electron chi connectivity index (χ1n) is 14.3. The minimum Gasteiger partial charge on any atom is -0.488 e. The second kappa shape index (κ2) is 11.4. The molecule has 10 nitrogen and oxygen atoms in total. The van der Waals surface area contributed by atoms with Crippen LogP contribution in [0.1, 0.15) is 70.1 Å². The largest absolute Gasteiger partial charge is 0.488 e. The normalized spacial score (nSPS) is 18.1. The highest BCUT2D eigenvalue weighted by atomic mass is 35.5. The number of anilines is 4. The van der Waals surface area contributed by atoms with Crippen molar-refractivity contribution in [3.05, 3.63) is 40.2 Å². The van der Waals surface area contributed by atoms with Gasteiger partial charge < -0.3 is 20.3 Å². The number of benzene rings is 1. The predicted octanol–water partition coefficient (Wildman–Crippen LogP) is 5.75. The topological polar surface area (TPSA) is 114 Å². The number of rotatable bonds is 8. The quantitative estimate of drug-likeness (QED) is 0.333. The van der Waals surface area contributed by atoms with Crippen LogP contribution in [0.5, 0.6) is 5.75 Å². The molecule has 1 saturated heterocycles. The summed E-state index contributed by atoms with van der Waals surface area (Å²) in [4.78, 5) is 11.5. The Morgan fingerprint density at radius 3 is 2.49 bits per heavy atom.